The summed E-state index contributed by atoms with van der Waals surface area (Å²) in [6.45, 7) is 2.38. The van der Waals surface area contributed by atoms with E-state index in [9.17, 15) is 8.42 Å². The fraction of sp³-hybridized carbons (Fsp3) is 0.600. The first-order valence-corrected chi connectivity index (χ1v) is 10.4. The molecule has 1 aliphatic carbocycles. The van der Waals surface area contributed by atoms with Crippen molar-refractivity contribution in [3.8, 4) is 5.75 Å². The Morgan fingerprint density at radius 1 is 1.29 bits per heavy atom. The van der Waals surface area contributed by atoms with Crippen molar-refractivity contribution < 1.29 is 13.2 Å². The minimum absolute atomic E-state index is 0.00535. The van der Waals surface area contributed by atoms with Gasteiger partial charge in [-0.2, -0.15) is 0 Å². The van der Waals surface area contributed by atoms with Crippen LogP contribution >= 0.6 is 26.6 Å². The zero-order chi connectivity index (χ0) is 15.5. The molecule has 6 heteroatoms. The normalized spacial score (nSPS) is 18.4. The molecule has 0 aliphatic heterocycles. The molecule has 0 spiro atoms. The molecule has 1 saturated carbocycles. The minimum atomic E-state index is -3.52. The van der Waals surface area contributed by atoms with Gasteiger partial charge in [0, 0.05) is 20.6 Å². The van der Waals surface area contributed by atoms with Gasteiger partial charge >= 0.3 is 0 Å². The van der Waals surface area contributed by atoms with Crippen LogP contribution in [0.1, 0.15) is 37.7 Å². The lowest BCUT2D eigenvalue weighted by Crippen LogP contribution is -2.37. The van der Waals surface area contributed by atoms with Gasteiger partial charge in [0.25, 0.3) is 0 Å². The van der Waals surface area contributed by atoms with Crippen molar-refractivity contribution in [3.05, 3.63) is 28.2 Å². The second-order valence-electron chi connectivity index (χ2n) is 5.94. The zero-order valence-corrected chi connectivity index (χ0v) is 15.2. The first kappa shape index (κ1) is 17.1. The topological polar surface area (TPSA) is 43.4 Å². The molecular weight excluding hydrogens is 376 g/mol. The molecular formula is C15H20BrClO3S. The Kier molecular flexibility index (Phi) is 5.60. The lowest BCUT2D eigenvalue weighted by atomic mass is 9.76. The molecule has 21 heavy (non-hydrogen) atoms. The number of hydrogen-bond donors (Lipinski definition) is 0. The highest BCUT2D eigenvalue weighted by atomic mass is 79.9. The van der Waals surface area contributed by atoms with E-state index in [2.05, 4.69) is 15.9 Å². The highest BCUT2D eigenvalue weighted by Crippen LogP contribution is 2.39. The van der Waals surface area contributed by atoms with Crippen molar-refractivity contribution >= 4 is 35.7 Å². The van der Waals surface area contributed by atoms with E-state index in [4.69, 9.17) is 15.4 Å². The summed E-state index contributed by atoms with van der Waals surface area (Å²) in [5, 5.41) is 0. The number of ether oxygens (including phenoxy) is 1. The molecule has 0 aromatic heterocycles. The lowest BCUT2D eigenvalue weighted by Gasteiger charge is -2.36. The van der Waals surface area contributed by atoms with Crippen molar-refractivity contribution in [3.63, 3.8) is 0 Å². The molecule has 1 fully saturated rings. The maximum atomic E-state index is 11.5. The molecule has 0 saturated heterocycles. The van der Waals surface area contributed by atoms with Crippen molar-refractivity contribution in [1.82, 2.24) is 0 Å². The van der Waals surface area contributed by atoms with Gasteiger partial charge in [0.15, 0.2) is 0 Å². The van der Waals surface area contributed by atoms with Gasteiger partial charge in [-0.3, -0.25) is 0 Å². The highest BCUT2D eigenvalue weighted by molar-refractivity contribution is 9.10. The third kappa shape index (κ3) is 5.15. The van der Waals surface area contributed by atoms with E-state index in [1.807, 2.05) is 25.1 Å². The van der Waals surface area contributed by atoms with Crippen LogP contribution in [0.5, 0.6) is 5.75 Å². The minimum Gasteiger partial charge on any atom is -0.493 e. The number of benzene rings is 1. The standard InChI is InChI=1S/C15H20BrClO3S/c1-12-5-6-13(16)9-14(12)20-10-15(11-21(17,18)19)7-3-2-4-8-15/h5-6,9H,2-4,7-8,10-11H2,1H3. The Labute approximate surface area is 139 Å². The van der Waals surface area contributed by atoms with E-state index in [1.165, 1.54) is 0 Å². The summed E-state index contributed by atoms with van der Waals surface area (Å²) in [6.07, 6.45) is 4.93. The summed E-state index contributed by atoms with van der Waals surface area (Å²) < 4.78 is 30.0. The van der Waals surface area contributed by atoms with Crippen molar-refractivity contribution in [1.29, 1.82) is 0 Å². The lowest BCUT2D eigenvalue weighted by molar-refractivity contribution is 0.118. The van der Waals surface area contributed by atoms with Crippen molar-refractivity contribution in [2.75, 3.05) is 12.4 Å². The van der Waals surface area contributed by atoms with E-state index in [-0.39, 0.29) is 11.2 Å². The monoisotopic (exact) mass is 394 g/mol. The van der Waals surface area contributed by atoms with Gasteiger partial charge in [-0.15, -0.1) is 0 Å². The average Bonchev–Trinajstić information content (AvgIpc) is 2.39. The van der Waals surface area contributed by atoms with Crippen LogP contribution in [-0.4, -0.2) is 20.8 Å². The second kappa shape index (κ2) is 6.88. The van der Waals surface area contributed by atoms with E-state index in [0.29, 0.717) is 6.61 Å². The quantitative estimate of drug-likeness (QED) is 0.681. The number of aryl methyl sites for hydroxylation is 1. The van der Waals surface area contributed by atoms with Crippen LogP contribution in [0.25, 0.3) is 0 Å². The molecule has 1 aliphatic rings. The molecule has 0 bridgehead atoms. The Morgan fingerprint density at radius 3 is 2.57 bits per heavy atom. The summed E-state index contributed by atoms with van der Waals surface area (Å²) in [5.74, 6) is 0.788. The molecule has 1 aromatic carbocycles. The number of halogens is 2. The third-order valence-electron chi connectivity index (χ3n) is 4.08. The van der Waals surface area contributed by atoms with Crippen LogP contribution in [-0.2, 0) is 9.05 Å². The molecule has 0 amide bonds. The van der Waals surface area contributed by atoms with E-state index < -0.39 is 9.05 Å². The van der Waals surface area contributed by atoms with E-state index in [0.717, 1.165) is 47.9 Å². The SMILES string of the molecule is Cc1ccc(Br)cc1OCC1(CS(=O)(=O)Cl)CCCCC1. The van der Waals surface area contributed by atoms with Crippen molar-refractivity contribution in [2.24, 2.45) is 5.41 Å². The molecule has 0 heterocycles. The van der Waals surface area contributed by atoms with Crippen LogP contribution < -0.4 is 4.74 Å². The highest BCUT2D eigenvalue weighted by Gasteiger charge is 2.37. The van der Waals surface area contributed by atoms with Gasteiger partial charge in [-0.05, 0) is 37.5 Å². The van der Waals surface area contributed by atoms with Gasteiger partial charge in [0.2, 0.25) is 9.05 Å². The Hall–Kier alpha value is -0.260. The van der Waals surface area contributed by atoms with Crippen molar-refractivity contribution in [2.45, 2.75) is 39.0 Å². The zero-order valence-electron chi connectivity index (χ0n) is 12.1. The second-order valence-corrected chi connectivity index (χ2v) is 9.63. The molecule has 0 N–H and O–H groups in total. The summed E-state index contributed by atoms with van der Waals surface area (Å²) in [4.78, 5) is 0. The first-order valence-electron chi connectivity index (χ1n) is 7.11. The van der Waals surface area contributed by atoms with Gasteiger partial charge in [-0.25, -0.2) is 8.42 Å². The van der Waals surface area contributed by atoms with Crippen LogP contribution in [0.15, 0.2) is 22.7 Å². The van der Waals surface area contributed by atoms with E-state index in [1.54, 1.807) is 0 Å². The maximum Gasteiger partial charge on any atom is 0.233 e. The maximum absolute atomic E-state index is 11.5. The van der Waals surface area contributed by atoms with Crippen LogP contribution in [0.2, 0.25) is 0 Å². The van der Waals surface area contributed by atoms with Gasteiger partial charge in [0.1, 0.15) is 5.75 Å². The third-order valence-corrected chi connectivity index (χ3v) is 5.85. The largest absolute Gasteiger partial charge is 0.493 e. The molecule has 2 rings (SSSR count). The molecule has 118 valence electrons. The summed E-state index contributed by atoms with van der Waals surface area (Å²) >= 11 is 3.43. The molecule has 3 nitrogen and oxygen atoms in total. The molecule has 0 unspecified atom stereocenters. The fourth-order valence-corrected chi connectivity index (χ4v) is 5.10. The molecule has 1 aromatic rings. The van der Waals surface area contributed by atoms with E-state index >= 15 is 0 Å². The van der Waals surface area contributed by atoms with Crippen LogP contribution in [0.3, 0.4) is 0 Å². The number of hydrogen-bond acceptors (Lipinski definition) is 3. The number of rotatable bonds is 5. The van der Waals surface area contributed by atoms with Gasteiger partial charge in [0.05, 0.1) is 12.4 Å². The molecule has 0 radical (unpaired) electrons. The van der Waals surface area contributed by atoms with Gasteiger partial charge in [-0.1, -0.05) is 41.3 Å². The predicted octanol–water partition coefficient (Wildman–Crippen LogP) is 4.66. The summed E-state index contributed by atoms with van der Waals surface area (Å²) in [6, 6.07) is 5.86. The first-order chi connectivity index (χ1) is 9.80. The smallest absolute Gasteiger partial charge is 0.233 e. The van der Waals surface area contributed by atoms with Crippen LogP contribution in [0.4, 0.5) is 0 Å². The fourth-order valence-electron chi connectivity index (χ4n) is 2.96. The van der Waals surface area contributed by atoms with Gasteiger partial charge < -0.3 is 4.74 Å². The average molecular weight is 396 g/mol. The summed E-state index contributed by atoms with van der Waals surface area (Å²) in [5.41, 5.74) is 0.686. The molecule has 0 atom stereocenters. The Morgan fingerprint density at radius 2 is 1.95 bits per heavy atom. The Balaban J connectivity index is 2.14. The predicted molar refractivity (Wildman–Crippen MR) is 89.5 cm³/mol. The van der Waals surface area contributed by atoms with Crippen LogP contribution in [0, 0.1) is 12.3 Å². The summed E-state index contributed by atoms with van der Waals surface area (Å²) in [7, 11) is 1.98. The Bertz CT molecular complexity index is 595.